The third-order valence-electron chi connectivity index (χ3n) is 3.83. The molecule has 2 unspecified atom stereocenters. The molecule has 0 bridgehead atoms. The highest BCUT2D eigenvalue weighted by Gasteiger charge is 2.34. The van der Waals surface area contributed by atoms with Crippen LogP contribution in [0.2, 0.25) is 0 Å². The first-order valence-electron chi connectivity index (χ1n) is 8.84. The van der Waals surface area contributed by atoms with E-state index in [1.807, 2.05) is 0 Å². The summed E-state index contributed by atoms with van der Waals surface area (Å²) in [7, 11) is 1.30. The van der Waals surface area contributed by atoms with Gasteiger partial charge in [-0.3, -0.25) is 14.6 Å². The van der Waals surface area contributed by atoms with Gasteiger partial charge in [0.1, 0.15) is 22.3 Å². The largest absolute Gasteiger partial charge is 0.468 e. The number of aromatic nitrogens is 1. The summed E-state index contributed by atoms with van der Waals surface area (Å²) in [6.45, 7) is 5.65. The van der Waals surface area contributed by atoms with Crippen LogP contribution in [0.15, 0.2) is 9.98 Å². The number of methoxy groups -OCH3 is 1. The minimum absolute atomic E-state index is 0.204. The van der Waals surface area contributed by atoms with E-state index in [1.54, 1.807) is 26.2 Å². The highest BCUT2D eigenvalue weighted by molar-refractivity contribution is 9.10. The topological polar surface area (TPSA) is 110 Å². The third kappa shape index (κ3) is 6.71. The molecule has 1 aliphatic heterocycles. The fraction of sp³-hybridized carbons (Fsp3) is 0.647. The molecule has 2 heterocycles. The SMILES string of the molecule is COC(=O)C1CCCN(C(=O)C(Cc2nc(Br)cs2)NC(=O)OC(C)(C)C)N1. The molecular formula is C17H25BrN4O5S. The van der Waals surface area contributed by atoms with E-state index in [0.29, 0.717) is 29.0 Å². The van der Waals surface area contributed by atoms with Gasteiger partial charge in [0.2, 0.25) is 0 Å². The van der Waals surface area contributed by atoms with Gasteiger partial charge in [0, 0.05) is 18.3 Å². The lowest BCUT2D eigenvalue weighted by molar-refractivity contribution is -0.150. The lowest BCUT2D eigenvalue weighted by Crippen LogP contribution is -2.60. The molecule has 28 heavy (non-hydrogen) atoms. The third-order valence-corrected chi connectivity index (χ3v) is 5.41. The molecule has 2 N–H and O–H groups in total. The molecule has 0 spiro atoms. The van der Waals surface area contributed by atoms with Gasteiger partial charge in [-0.1, -0.05) is 0 Å². The van der Waals surface area contributed by atoms with Crippen LogP contribution in [0.3, 0.4) is 0 Å². The van der Waals surface area contributed by atoms with Crippen molar-refractivity contribution in [3.05, 3.63) is 15.0 Å². The number of hydrogen-bond acceptors (Lipinski definition) is 8. The van der Waals surface area contributed by atoms with Gasteiger partial charge >= 0.3 is 12.1 Å². The number of alkyl carbamates (subject to hydrolysis) is 1. The van der Waals surface area contributed by atoms with Crippen molar-refractivity contribution in [1.82, 2.24) is 20.7 Å². The smallest absolute Gasteiger partial charge is 0.408 e. The molecular weight excluding hydrogens is 452 g/mol. The first-order chi connectivity index (χ1) is 13.1. The summed E-state index contributed by atoms with van der Waals surface area (Å²) in [6.07, 6.45) is 0.721. The number of ether oxygens (including phenoxy) is 2. The van der Waals surface area contributed by atoms with Crippen LogP contribution in [0.1, 0.15) is 38.6 Å². The van der Waals surface area contributed by atoms with Crippen molar-refractivity contribution in [2.24, 2.45) is 0 Å². The Bertz CT molecular complexity index is 721. The molecule has 1 aromatic heterocycles. The number of esters is 1. The van der Waals surface area contributed by atoms with Crippen molar-refractivity contribution in [2.45, 2.75) is 57.7 Å². The van der Waals surface area contributed by atoms with E-state index >= 15 is 0 Å². The summed E-state index contributed by atoms with van der Waals surface area (Å²) < 4.78 is 10.7. The minimum atomic E-state index is -0.892. The summed E-state index contributed by atoms with van der Waals surface area (Å²) in [6, 6.07) is -1.49. The van der Waals surface area contributed by atoms with Gasteiger partial charge < -0.3 is 14.8 Å². The van der Waals surface area contributed by atoms with Crippen LogP contribution in [0.5, 0.6) is 0 Å². The summed E-state index contributed by atoms with van der Waals surface area (Å²) in [5.74, 6) is -0.802. The van der Waals surface area contributed by atoms with Gasteiger partial charge in [0.15, 0.2) is 0 Å². The van der Waals surface area contributed by atoms with E-state index < -0.39 is 29.7 Å². The van der Waals surface area contributed by atoms with E-state index in [-0.39, 0.29) is 12.3 Å². The van der Waals surface area contributed by atoms with Crippen molar-refractivity contribution < 1.29 is 23.9 Å². The van der Waals surface area contributed by atoms with Gasteiger partial charge in [-0.2, -0.15) is 0 Å². The van der Waals surface area contributed by atoms with Crippen LogP contribution < -0.4 is 10.7 Å². The zero-order valence-electron chi connectivity index (χ0n) is 16.3. The Morgan fingerprint density at radius 2 is 2.18 bits per heavy atom. The average molecular weight is 477 g/mol. The number of carbonyl (C=O) groups excluding carboxylic acids is 3. The highest BCUT2D eigenvalue weighted by atomic mass is 79.9. The monoisotopic (exact) mass is 476 g/mol. The molecule has 0 aromatic carbocycles. The van der Waals surface area contributed by atoms with Gasteiger partial charge in [-0.05, 0) is 49.5 Å². The number of amides is 2. The highest BCUT2D eigenvalue weighted by Crippen LogP contribution is 2.18. The normalized spacial score (nSPS) is 18.3. The standard InChI is InChI=1S/C17H25BrN4O5S/c1-17(2,3)27-16(25)19-11(8-13-20-12(18)9-28-13)14(23)22-7-5-6-10(21-22)15(24)26-4/h9-11,21H,5-8H2,1-4H3,(H,19,25). The van der Waals surface area contributed by atoms with E-state index in [4.69, 9.17) is 9.47 Å². The Morgan fingerprint density at radius 1 is 1.46 bits per heavy atom. The van der Waals surface area contributed by atoms with Gasteiger partial charge in [-0.15, -0.1) is 11.3 Å². The predicted molar refractivity (Wildman–Crippen MR) is 107 cm³/mol. The zero-order chi connectivity index (χ0) is 20.9. The fourth-order valence-corrected chi connectivity index (χ4v) is 3.96. The summed E-state index contributed by atoms with van der Waals surface area (Å²) in [5.41, 5.74) is 2.19. The molecule has 2 amide bonds. The first-order valence-corrected chi connectivity index (χ1v) is 10.5. The van der Waals surface area contributed by atoms with Crippen LogP contribution in [-0.4, -0.2) is 59.3 Å². The summed E-state index contributed by atoms with van der Waals surface area (Å²) in [4.78, 5) is 41.4. The number of nitrogens with one attached hydrogen (secondary N) is 2. The number of halogens is 1. The maximum atomic E-state index is 13.1. The van der Waals surface area contributed by atoms with Crippen molar-refractivity contribution in [1.29, 1.82) is 0 Å². The minimum Gasteiger partial charge on any atom is -0.468 e. The number of hydrazine groups is 1. The Morgan fingerprint density at radius 3 is 2.75 bits per heavy atom. The van der Waals surface area contributed by atoms with Gasteiger partial charge in [0.25, 0.3) is 5.91 Å². The quantitative estimate of drug-likeness (QED) is 0.625. The maximum Gasteiger partial charge on any atom is 0.408 e. The lowest BCUT2D eigenvalue weighted by atomic mass is 10.1. The van der Waals surface area contributed by atoms with Crippen molar-refractivity contribution >= 4 is 45.2 Å². The molecule has 1 saturated heterocycles. The zero-order valence-corrected chi connectivity index (χ0v) is 18.7. The van der Waals surface area contributed by atoms with Crippen molar-refractivity contribution in [2.75, 3.05) is 13.7 Å². The maximum absolute atomic E-state index is 13.1. The van der Waals surface area contributed by atoms with Crippen LogP contribution in [0.4, 0.5) is 4.79 Å². The molecule has 1 fully saturated rings. The molecule has 1 aromatic rings. The summed E-state index contributed by atoms with van der Waals surface area (Å²) >= 11 is 4.66. The van der Waals surface area contributed by atoms with Crippen molar-refractivity contribution in [3.8, 4) is 0 Å². The molecule has 1 aliphatic rings. The second-order valence-electron chi connectivity index (χ2n) is 7.30. The Hall–Kier alpha value is -1.72. The van der Waals surface area contributed by atoms with Crippen LogP contribution >= 0.6 is 27.3 Å². The average Bonchev–Trinajstić information content (AvgIpc) is 3.03. The van der Waals surface area contributed by atoms with Gasteiger partial charge in [-0.25, -0.2) is 15.2 Å². The molecule has 0 radical (unpaired) electrons. The lowest BCUT2D eigenvalue weighted by Gasteiger charge is -2.34. The van der Waals surface area contributed by atoms with Crippen LogP contribution in [0.25, 0.3) is 0 Å². The molecule has 2 rings (SSSR count). The number of hydrogen-bond donors (Lipinski definition) is 2. The molecule has 11 heteroatoms. The number of rotatable bonds is 5. The Balaban J connectivity index is 2.13. The number of nitrogens with zero attached hydrogens (tertiary/aromatic N) is 2. The molecule has 2 atom stereocenters. The second-order valence-corrected chi connectivity index (χ2v) is 9.06. The summed E-state index contributed by atoms with van der Waals surface area (Å²) in [5, 5.41) is 6.47. The Kier molecular flexibility index (Phi) is 7.79. The number of thiazole rings is 1. The van der Waals surface area contributed by atoms with E-state index in [0.717, 1.165) is 0 Å². The van der Waals surface area contributed by atoms with E-state index in [9.17, 15) is 14.4 Å². The van der Waals surface area contributed by atoms with Crippen LogP contribution in [0, 0.1) is 0 Å². The number of carbonyl (C=O) groups is 3. The van der Waals surface area contributed by atoms with E-state index in [2.05, 4.69) is 31.7 Å². The van der Waals surface area contributed by atoms with Gasteiger partial charge in [0.05, 0.1) is 12.1 Å². The first kappa shape index (κ1) is 22.6. The molecule has 0 saturated carbocycles. The molecule has 9 nitrogen and oxygen atoms in total. The van der Waals surface area contributed by atoms with Crippen molar-refractivity contribution in [3.63, 3.8) is 0 Å². The predicted octanol–water partition coefficient (Wildman–Crippen LogP) is 2.01. The second kappa shape index (κ2) is 9.66. The Labute approximate surface area is 176 Å². The van der Waals surface area contributed by atoms with E-state index in [1.165, 1.54) is 23.5 Å². The molecule has 0 aliphatic carbocycles. The van der Waals surface area contributed by atoms with Crippen LogP contribution in [-0.2, 0) is 25.5 Å². The molecule has 156 valence electrons. The fourth-order valence-electron chi connectivity index (χ4n) is 2.65.